The van der Waals surface area contributed by atoms with Crippen LogP contribution < -0.4 is 10.1 Å². The molecule has 150 valence electrons. The minimum atomic E-state index is -0.420. The van der Waals surface area contributed by atoms with Crippen LogP contribution in [0.15, 0.2) is 89.3 Å². The molecule has 0 radical (unpaired) electrons. The number of hydrogen-bond donors (Lipinski definition) is 1. The summed E-state index contributed by atoms with van der Waals surface area (Å²) < 4.78 is 10.9. The highest BCUT2D eigenvalue weighted by Crippen LogP contribution is 2.25. The Morgan fingerprint density at radius 2 is 1.50 bits per heavy atom. The molecule has 6 heteroatoms. The lowest BCUT2D eigenvalue weighted by Gasteiger charge is -2.17. The molecule has 4 rings (SSSR count). The second-order valence-electron chi connectivity index (χ2n) is 6.70. The third-order valence-corrected chi connectivity index (χ3v) is 4.75. The van der Waals surface area contributed by atoms with E-state index >= 15 is 0 Å². The van der Waals surface area contributed by atoms with Gasteiger partial charge < -0.3 is 14.5 Å². The van der Waals surface area contributed by atoms with E-state index in [1.54, 1.807) is 7.11 Å². The first-order valence-corrected chi connectivity index (χ1v) is 9.59. The van der Waals surface area contributed by atoms with Crippen molar-refractivity contribution in [3.05, 3.63) is 102 Å². The lowest BCUT2D eigenvalue weighted by Crippen LogP contribution is -2.29. The van der Waals surface area contributed by atoms with E-state index < -0.39 is 5.92 Å². The van der Waals surface area contributed by atoms with E-state index in [0.29, 0.717) is 11.8 Å². The summed E-state index contributed by atoms with van der Waals surface area (Å²) in [6.07, 6.45) is 0. The average molecular weight is 399 g/mol. The largest absolute Gasteiger partial charge is 0.497 e. The summed E-state index contributed by atoms with van der Waals surface area (Å²) in [5.74, 6) is 0.935. The molecule has 0 fully saturated rings. The summed E-state index contributed by atoms with van der Waals surface area (Å²) in [5.41, 5.74) is 2.63. The normalized spacial score (nSPS) is 10.7. The molecule has 3 aromatic carbocycles. The van der Waals surface area contributed by atoms with E-state index in [0.717, 1.165) is 22.4 Å². The zero-order valence-corrected chi connectivity index (χ0v) is 16.5. The molecule has 0 atom stereocenters. The molecule has 1 amide bonds. The van der Waals surface area contributed by atoms with Crippen molar-refractivity contribution in [3.8, 4) is 17.2 Å². The maximum absolute atomic E-state index is 13.0. The van der Waals surface area contributed by atoms with Crippen molar-refractivity contribution in [1.82, 2.24) is 15.5 Å². The molecule has 1 heterocycles. The fourth-order valence-electron chi connectivity index (χ4n) is 3.23. The minimum Gasteiger partial charge on any atom is -0.497 e. The lowest BCUT2D eigenvalue weighted by molar-refractivity contribution is -0.122. The second kappa shape index (κ2) is 9.05. The summed E-state index contributed by atoms with van der Waals surface area (Å²) in [5, 5.41) is 11.0. The molecule has 0 saturated carbocycles. The van der Waals surface area contributed by atoms with Crippen LogP contribution >= 0.6 is 0 Å². The van der Waals surface area contributed by atoms with E-state index in [-0.39, 0.29) is 12.5 Å². The Morgan fingerprint density at radius 3 is 2.07 bits per heavy atom. The van der Waals surface area contributed by atoms with Crippen LogP contribution in [-0.2, 0) is 11.3 Å². The fourth-order valence-corrected chi connectivity index (χ4v) is 3.23. The number of amides is 1. The molecule has 0 saturated heterocycles. The Hall–Kier alpha value is -3.93. The van der Waals surface area contributed by atoms with Gasteiger partial charge in [-0.25, -0.2) is 0 Å². The topological polar surface area (TPSA) is 77.3 Å². The SMILES string of the molecule is COc1ccc(-c2nnc(CNC(=O)C(c3ccccc3)c3ccccc3)o2)cc1. The molecule has 0 aliphatic carbocycles. The van der Waals surface area contributed by atoms with Crippen LogP contribution in [0.1, 0.15) is 22.9 Å². The van der Waals surface area contributed by atoms with Crippen molar-refractivity contribution >= 4 is 5.91 Å². The van der Waals surface area contributed by atoms with Gasteiger partial charge in [0, 0.05) is 5.56 Å². The zero-order chi connectivity index (χ0) is 20.8. The molecular formula is C24H21N3O3. The standard InChI is InChI=1S/C24H21N3O3/c1-29-20-14-12-19(13-15-20)24-27-26-21(30-24)16-25-23(28)22(17-8-4-2-5-9-17)18-10-6-3-7-11-18/h2-15,22H,16H2,1H3,(H,25,28). The number of nitrogens with one attached hydrogen (secondary N) is 1. The predicted molar refractivity (Wildman–Crippen MR) is 113 cm³/mol. The number of benzene rings is 3. The number of ether oxygens (including phenoxy) is 1. The first kappa shape index (κ1) is 19.4. The van der Waals surface area contributed by atoms with E-state index in [4.69, 9.17) is 9.15 Å². The summed E-state index contributed by atoms with van der Waals surface area (Å²) in [6.45, 7) is 0.151. The average Bonchev–Trinajstić information content (AvgIpc) is 3.28. The molecule has 1 aromatic heterocycles. The Kier molecular flexibility index (Phi) is 5.85. The van der Waals surface area contributed by atoms with E-state index in [1.165, 1.54) is 0 Å². The van der Waals surface area contributed by atoms with Crippen LogP contribution in [-0.4, -0.2) is 23.2 Å². The fraction of sp³-hybridized carbons (Fsp3) is 0.125. The first-order valence-electron chi connectivity index (χ1n) is 9.59. The van der Waals surface area contributed by atoms with E-state index in [1.807, 2.05) is 84.9 Å². The van der Waals surface area contributed by atoms with Crippen molar-refractivity contribution in [1.29, 1.82) is 0 Å². The maximum Gasteiger partial charge on any atom is 0.247 e. The number of hydrogen-bond acceptors (Lipinski definition) is 5. The number of aromatic nitrogens is 2. The molecule has 30 heavy (non-hydrogen) atoms. The van der Waals surface area contributed by atoms with Gasteiger partial charge in [-0.15, -0.1) is 10.2 Å². The van der Waals surface area contributed by atoms with Crippen molar-refractivity contribution in [2.24, 2.45) is 0 Å². The van der Waals surface area contributed by atoms with Crippen LogP contribution in [0.25, 0.3) is 11.5 Å². The first-order chi connectivity index (χ1) is 14.7. The number of rotatable bonds is 7. The van der Waals surface area contributed by atoms with E-state index in [2.05, 4.69) is 15.5 Å². The third-order valence-electron chi connectivity index (χ3n) is 4.75. The van der Waals surface area contributed by atoms with Gasteiger partial charge in [-0.1, -0.05) is 60.7 Å². The van der Waals surface area contributed by atoms with Gasteiger partial charge in [-0.3, -0.25) is 4.79 Å². The molecule has 1 N–H and O–H groups in total. The molecule has 0 bridgehead atoms. The zero-order valence-electron chi connectivity index (χ0n) is 16.5. The summed E-state index contributed by atoms with van der Waals surface area (Å²) in [4.78, 5) is 13.0. The lowest BCUT2D eigenvalue weighted by atomic mass is 9.90. The number of carbonyl (C=O) groups excluding carboxylic acids is 1. The molecule has 0 aliphatic heterocycles. The van der Waals surface area contributed by atoms with Gasteiger partial charge in [-0.2, -0.15) is 0 Å². The van der Waals surface area contributed by atoms with Crippen molar-refractivity contribution in [3.63, 3.8) is 0 Å². The van der Waals surface area contributed by atoms with Gasteiger partial charge in [0.25, 0.3) is 0 Å². The number of nitrogens with zero attached hydrogens (tertiary/aromatic N) is 2. The van der Waals surface area contributed by atoms with Gasteiger partial charge in [0.2, 0.25) is 17.7 Å². The van der Waals surface area contributed by atoms with Gasteiger partial charge in [0.15, 0.2) is 0 Å². The molecule has 4 aromatic rings. The maximum atomic E-state index is 13.0. The smallest absolute Gasteiger partial charge is 0.247 e. The Bertz CT molecular complexity index is 1050. The Morgan fingerprint density at radius 1 is 0.900 bits per heavy atom. The Labute approximate surface area is 174 Å². The van der Waals surface area contributed by atoms with Crippen LogP contribution in [0.3, 0.4) is 0 Å². The van der Waals surface area contributed by atoms with Crippen LogP contribution in [0, 0.1) is 0 Å². The van der Waals surface area contributed by atoms with Crippen LogP contribution in [0.2, 0.25) is 0 Å². The van der Waals surface area contributed by atoms with Gasteiger partial charge in [0.05, 0.1) is 19.6 Å². The molecule has 0 aliphatic rings. The minimum absolute atomic E-state index is 0.128. The van der Waals surface area contributed by atoms with Crippen molar-refractivity contribution < 1.29 is 13.9 Å². The predicted octanol–water partition coefficient (Wildman–Crippen LogP) is 4.19. The number of carbonyl (C=O) groups is 1. The molecule has 0 unspecified atom stereocenters. The highest BCUT2D eigenvalue weighted by Gasteiger charge is 2.23. The van der Waals surface area contributed by atoms with Gasteiger partial charge in [0.1, 0.15) is 5.75 Å². The van der Waals surface area contributed by atoms with Crippen LogP contribution in [0.4, 0.5) is 0 Å². The summed E-state index contributed by atoms with van der Waals surface area (Å²) in [7, 11) is 1.61. The Balaban J connectivity index is 1.48. The van der Waals surface area contributed by atoms with Gasteiger partial charge in [-0.05, 0) is 35.4 Å². The van der Waals surface area contributed by atoms with E-state index in [9.17, 15) is 4.79 Å². The molecular weight excluding hydrogens is 378 g/mol. The highest BCUT2D eigenvalue weighted by molar-refractivity contribution is 5.87. The summed E-state index contributed by atoms with van der Waals surface area (Å²) in [6, 6.07) is 26.7. The van der Waals surface area contributed by atoms with Crippen molar-refractivity contribution in [2.75, 3.05) is 7.11 Å². The summed E-state index contributed by atoms with van der Waals surface area (Å²) >= 11 is 0. The van der Waals surface area contributed by atoms with Gasteiger partial charge >= 0.3 is 0 Å². The second-order valence-corrected chi connectivity index (χ2v) is 6.70. The highest BCUT2D eigenvalue weighted by atomic mass is 16.5. The van der Waals surface area contributed by atoms with Crippen molar-refractivity contribution in [2.45, 2.75) is 12.5 Å². The quantitative estimate of drug-likeness (QED) is 0.504. The number of methoxy groups -OCH3 is 1. The molecule has 6 nitrogen and oxygen atoms in total. The monoisotopic (exact) mass is 399 g/mol. The van der Waals surface area contributed by atoms with Crippen LogP contribution in [0.5, 0.6) is 5.75 Å². The third kappa shape index (κ3) is 4.38. The molecule has 0 spiro atoms.